The Bertz CT molecular complexity index is 639. The first kappa shape index (κ1) is 15.1. The summed E-state index contributed by atoms with van der Waals surface area (Å²) in [5.74, 6) is 0.303. The normalized spacial score (nSPS) is 11.2. The van der Waals surface area contributed by atoms with E-state index in [1.54, 1.807) is 20.8 Å². The fourth-order valence-electron chi connectivity index (χ4n) is 1.83. The lowest BCUT2D eigenvalue weighted by Crippen LogP contribution is -2.46. The second-order valence-corrected chi connectivity index (χ2v) is 5.55. The molecule has 1 aromatic heterocycles. The number of aliphatic hydroxyl groups excluding tert-OH is 1. The maximum atomic E-state index is 12.2. The minimum atomic E-state index is -0.679. The van der Waals surface area contributed by atoms with Crippen LogP contribution in [0.2, 0.25) is 0 Å². The molecule has 21 heavy (non-hydrogen) atoms. The largest absolute Gasteiger partial charge is 0.394 e. The number of nitrogens with one attached hydrogen (secondary N) is 1. The summed E-state index contributed by atoms with van der Waals surface area (Å²) < 4.78 is 0. The van der Waals surface area contributed by atoms with E-state index in [9.17, 15) is 9.90 Å². The number of hydrogen-bond acceptors (Lipinski definition) is 4. The Morgan fingerprint density at radius 3 is 2.52 bits per heavy atom. The third kappa shape index (κ3) is 3.64. The summed E-state index contributed by atoms with van der Waals surface area (Å²) in [6.07, 6.45) is 1.52. The van der Waals surface area contributed by atoms with Crippen LogP contribution in [0.15, 0.2) is 36.5 Å². The molecule has 110 valence electrons. The fraction of sp³-hybridized carbons (Fsp3) is 0.312. The Hall–Kier alpha value is -2.27. The molecule has 0 aliphatic rings. The Morgan fingerprint density at radius 1 is 1.29 bits per heavy atom. The number of aromatic nitrogens is 2. The van der Waals surface area contributed by atoms with Gasteiger partial charge in [0, 0.05) is 11.8 Å². The molecule has 0 atom stereocenters. The van der Waals surface area contributed by atoms with E-state index >= 15 is 0 Å². The standard InChI is InChI=1S/C16H19N3O2/c1-11-13(15(21)19-16(2,3)10-20)9-17-14(18-11)12-7-5-4-6-8-12/h4-9,20H,10H2,1-3H3,(H,19,21). The summed E-state index contributed by atoms with van der Waals surface area (Å²) >= 11 is 0. The maximum absolute atomic E-state index is 12.2. The van der Waals surface area contributed by atoms with Gasteiger partial charge in [-0.3, -0.25) is 4.79 Å². The highest BCUT2D eigenvalue weighted by atomic mass is 16.3. The van der Waals surface area contributed by atoms with E-state index < -0.39 is 5.54 Å². The van der Waals surface area contributed by atoms with E-state index in [1.807, 2.05) is 30.3 Å². The molecule has 1 aromatic carbocycles. The number of carbonyl (C=O) groups excluding carboxylic acids is 1. The number of nitrogens with zero attached hydrogens (tertiary/aromatic N) is 2. The zero-order valence-electron chi connectivity index (χ0n) is 12.4. The molecule has 5 heteroatoms. The Labute approximate surface area is 124 Å². The quantitative estimate of drug-likeness (QED) is 0.900. The molecule has 2 rings (SSSR count). The minimum absolute atomic E-state index is 0.138. The van der Waals surface area contributed by atoms with Crippen molar-refractivity contribution >= 4 is 5.91 Å². The summed E-state index contributed by atoms with van der Waals surface area (Å²) in [5.41, 5.74) is 1.25. The van der Waals surface area contributed by atoms with Crippen molar-refractivity contribution in [3.63, 3.8) is 0 Å². The van der Waals surface area contributed by atoms with Gasteiger partial charge in [-0.1, -0.05) is 30.3 Å². The van der Waals surface area contributed by atoms with E-state index in [4.69, 9.17) is 0 Å². The van der Waals surface area contributed by atoms with Crippen molar-refractivity contribution in [2.45, 2.75) is 26.3 Å². The van der Waals surface area contributed by atoms with Crippen LogP contribution in [-0.4, -0.2) is 33.1 Å². The van der Waals surface area contributed by atoms with E-state index in [2.05, 4.69) is 15.3 Å². The highest BCUT2D eigenvalue weighted by Gasteiger charge is 2.21. The minimum Gasteiger partial charge on any atom is -0.394 e. The Morgan fingerprint density at radius 2 is 1.95 bits per heavy atom. The van der Waals surface area contributed by atoms with Gasteiger partial charge in [-0.25, -0.2) is 9.97 Å². The molecule has 0 radical (unpaired) electrons. The average Bonchev–Trinajstić information content (AvgIpc) is 2.47. The van der Waals surface area contributed by atoms with Crippen LogP contribution in [0.25, 0.3) is 11.4 Å². The lowest BCUT2D eigenvalue weighted by molar-refractivity contribution is 0.0868. The maximum Gasteiger partial charge on any atom is 0.255 e. The molecule has 0 unspecified atom stereocenters. The number of carbonyl (C=O) groups is 1. The van der Waals surface area contributed by atoms with Crippen molar-refractivity contribution in [1.82, 2.24) is 15.3 Å². The molecular weight excluding hydrogens is 266 g/mol. The second-order valence-electron chi connectivity index (χ2n) is 5.55. The highest BCUT2D eigenvalue weighted by Crippen LogP contribution is 2.16. The van der Waals surface area contributed by atoms with Crippen LogP contribution in [0.3, 0.4) is 0 Å². The SMILES string of the molecule is Cc1nc(-c2ccccc2)ncc1C(=O)NC(C)(C)CO. The van der Waals surface area contributed by atoms with Gasteiger partial charge < -0.3 is 10.4 Å². The van der Waals surface area contributed by atoms with Gasteiger partial charge in [-0.15, -0.1) is 0 Å². The smallest absolute Gasteiger partial charge is 0.255 e. The zero-order chi connectivity index (χ0) is 15.5. The van der Waals surface area contributed by atoms with Gasteiger partial charge in [0.2, 0.25) is 0 Å². The molecule has 0 aliphatic carbocycles. The molecule has 0 saturated carbocycles. The first-order valence-electron chi connectivity index (χ1n) is 6.75. The van der Waals surface area contributed by atoms with Crippen LogP contribution in [0.5, 0.6) is 0 Å². The van der Waals surface area contributed by atoms with E-state index in [0.717, 1.165) is 5.56 Å². The highest BCUT2D eigenvalue weighted by molar-refractivity contribution is 5.95. The van der Waals surface area contributed by atoms with E-state index in [1.165, 1.54) is 6.20 Å². The first-order valence-corrected chi connectivity index (χ1v) is 6.75. The zero-order valence-corrected chi connectivity index (χ0v) is 12.4. The molecule has 2 N–H and O–H groups in total. The lowest BCUT2D eigenvalue weighted by Gasteiger charge is -2.23. The molecule has 0 aliphatic heterocycles. The van der Waals surface area contributed by atoms with Crippen molar-refractivity contribution in [1.29, 1.82) is 0 Å². The molecule has 5 nitrogen and oxygen atoms in total. The van der Waals surface area contributed by atoms with Crippen LogP contribution in [0.4, 0.5) is 0 Å². The van der Waals surface area contributed by atoms with Gasteiger partial charge in [0.05, 0.1) is 23.4 Å². The molecule has 2 aromatic rings. The van der Waals surface area contributed by atoms with Gasteiger partial charge in [0.1, 0.15) is 0 Å². The second kappa shape index (κ2) is 6.01. The van der Waals surface area contributed by atoms with Gasteiger partial charge in [-0.2, -0.15) is 0 Å². The predicted octanol–water partition coefficient (Wildman–Crippen LogP) is 1.95. The van der Waals surface area contributed by atoms with E-state index in [-0.39, 0.29) is 12.5 Å². The number of amides is 1. The molecule has 0 bridgehead atoms. The Balaban J connectivity index is 2.26. The third-order valence-corrected chi connectivity index (χ3v) is 3.10. The van der Waals surface area contributed by atoms with Crippen LogP contribution >= 0.6 is 0 Å². The first-order chi connectivity index (χ1) is 9.93. The van der Waals surface area contributed by atoms with Crippen molar-refractivity contribution in [2.24, 2.45) is 0 Å². The summed E-state index contributed by atoms with van der Waals surface area (Å²) in [5, 5.41) is 12.0. The van der Waals surface area contributed by atoms with Crippen LogP contribution < -0.4 is 5.32 Å². The van der Waals surface area contributed by atoms with Crippen LogP contribution in [0, 0.1) is 6.92 Å². The van der Waals surface area contributed by atoms with Gasteiger partial charge in [-0.05, 0) is 20.8 Å². The molecule has 1 amide bonds. The summed E-state index contributed by atoms with van der Waals surface area (Å²) in [6.45, 7) is 5.13. The number of rotatable bonds is 4. The molecule has 1 heterocycles. The summed E-state index contributed by atoms with van der Waals surface area (Å²) in [6, 6.07) is 9.60. The monoisotopic (exact) mass is 285 g/mol. The number of aliphatic hydroxyl groups is 1. The summed E-state index contributed by atoms with van der Waals surface area (Å²) in [7, 11) is 0. The summed E-state index contributed by atoms with van der Waals surface area (Å²) in [4.78, 5) is 20.8. The van der Waals surface area contributed by atoms with Crippen molar-refractivity contribution in [2.75, 3.05) is 6.61 Å². The van der Waals surface area contributed by atoms with Crippen LogP contribution in [-0.2, 0) is 0 Å². The van der Waals surface area contributed by atoms with E-state index in [0.29, 0.717) is 17.1 Å². The van der Waals surface area contributed by atoms with Gasteiger partial charge >= 0.3 is 0 Å². The van der Waals surface area contributed by atoms with Gasteiger partial charge in [0.15, 0.2) is 5.82 Å². The van der Waals surface area contributed by atoms with Gasteiger partial charge in [0.25, 0.3) is 5.91 Å². The number of benzene rings is 1. The average molecular weight is 285 g/mol. The topological polar surface area (TPSA) is 75.1 Å². The fourth-order valence-corrected chi connectivity index (χ4v) is 1.83. The molecule has 0 spiro atoms. The third-order valence-electron chi connectivity index (χ3n) is 3.10. The van der Waals surface area contributed by atoms with Crippen molar-refractivity contribution in [3.8, 4) is 11.4 Å². The van der Waals surface area contributed by atoms with Crippen molar-refractivity contribution in [3.05, 3.63) is 47.8 Å². The Kier molecular flexibility index (Phi) is 4.33. The van der Waals surface area contributed by atoms with Crippen molar-refractivity contribution < 1.29 is 9.90 Å². The molecule has 0 saturated heterocycles. The number of aryl methyl sites for hydroxylation is 1. The van der Waals surface area contributed by atoms with Crippen LogP contribution in [0.1, 0.15) is 29.9 Å². The molecule has 0 fully saturated rings. The number of hydrogen-bond donors (Lipinski definition) is 2. The predicted molar refractivity (Wildman–Crippen MR) is 80.8 cm³/mol. The lowest BCUT2D eigenvalue weighted by atomic mass is 10.1. The molecular formula is C16H19N3O2.